The van der Waals surface area contributed by atoms with Gasteiger partial charge in [-0.1, -0.05) is 6.58 Å². The van der Waals surface area contributed by atoms with Gasteiger partial charge in [-0.2, -0.15) is 13.2 Å². The normalized spacial score (nSPS) is 8.10. The third-order valence-electron chi connectivity index (χ3n) is 0.365. The maximum Gasteiger partial charge on any atom is 0.487 e. The van der Waals surface area contributed by atoms with Gasteiger partial charge in [-0.25, -0.2) is 4.79 Å². The third kappa shape index (κ3) is 28.0. The Morgan fingerprint density at radius 3 is 1.50 bits per heavy atom. The van der Waals surface area contributed by atoms with E-state index in [2.05, 4.69) is 6.58 Å². The van der Waals surface area contributed by atoms with E-state index >= 15 is 0 Å². The van der Waals surface area contributed by atoms with Crippen LogP contribution in [0.1, 0.15) is 6.92 Å². The highest BCUT2D eigenvalue weighted by Crippen LogP contribution is 1.99. The van der Waals surface area contributed by atoms with Crippen LogP contribution in [0.5, 0.6) is 0 Å². The Balaban J connectivity index is 0. The van der Waals surface area contributed by atoms with E-state index in [-0.39, 0.29) is 5.57 Å². The quantitative estimate of drug-likeness (QED) is 0.588. The molecule has 0 aliphatic carbocycles. The molecule has 0 amide bonds. The SMILES string of the molecule is C=C(C)C(=O)O.F[C](F)F. The molecule has 0 saturated heterocycles. The van der Waals surface area contributed by atoms with Gasteiger partial charge < -0.3 is 5.11 Å². The Morgan fingerprint density at radius 1 is 1.40 bits per heavy atom. The first-order valence-corrected chi connectivity index (χ1v) is 2.10. The van der Waals surface area contributed by atoms with Crippen molar-refractivity contribution in [3.05, 3.63) is 18.8 Å². The summed E-state index contributed by atoms with van der Waals surface area (Å²) in [6.45, 7) is 1.52. The third-order valence-corrected chi connectivity index (χ3v) is 0.365. The van der Waals surface area contributed by atoms with Crippen molar-refractivity contribution in [2.24, 2.45) is 0 Å². The van der Waals surface area contributed by atoms with Crippen LogP contribution in [0.3, 0.4) is 0 Å². The van der Waals surface area contributed by atoms with Crippen LogP contribution in [0.2, 0.25) is 0 Å². The fourth-order valence-electron chi connectivity index (χ4n) is 0. The highest BCUT2D eigenvalue weighted by Gasteiger charge is 1.93. The maximum absolute atomic E-state index is 9.60. The van der Waals surface area contributed by atoms with Gasteiger partial charge >= 0.3 is 12.6 Å². The molecule has 2 nitrogen and oxygen atoms in total. The molecule has 0 rings (SSSR count). The molecule has 59 valence electrons. The van der Waals surface area contributed by atoms with Crippen molar-refractivity contribution in [1.82, 2.24) is 0 Å². The minimum absolute atomic E-state index is 0.176. The van der Waals surface area contributed by atoms with Gasteiger partial charge in [-0.05, 0) is 6.92 Å². The highest BCUT2D eigenvalue weighted by atomic mass is 19.4. The molecule has 1 radical (unpaired) electrons. The van der Waals surface area contributed by atoms with Crippen molar-refractivity contribution in [2.75, 3.05) is 0 Å². The van der Waals surface area contributed by atoms with E-state index in [0.717, 1.165) is 0 Å². The van der Waals surface area contributed by atoms with Crippen LogP contribution in [0.15, 0.2) is 12.2 Å². The summed E-state index contributed by atoms with van der Waals surface area (Å²) in [5.41, 5.74) is 0.176. The molecular formula is C5H6F3O2. The molecule has 0 aromatic rings. The van der Waals surface area contributed by atoms with Crippen LogP contribution in [-0.2, 0) is 4.79 Å². The molecule has 0 bridgehead atoms. The fraction of sp³-hybridized carbons (Fsp3) is 0.200. The highest BCUT2D eigenvalue weighted by molar-refractivity contribution is 5.84. The Morgan fingerprint density at radius 2 is 1.50 bits per heavy atom. The number of carboxylic acid groups (broad SMARTS) is 1. The molecule has 1 N–H and O–H groups in total. The number of hydrogen-bond donors (Lipinski definition) is 1. The summed E-state index contributed by atoms with van der Waals surface area (Å²) in [5.74, 6) is -0.935. The lowest BCUT2D eigenvalue weighted by molar-refractivity contribution is -0.132. The summed E-state index contributed by atoms with van der Waals surface area (Å²) in [6.07, 6.45) is 0. The van der Waals surface area contributed by atoms with Gasteiger partial charge in [0.2, 0.25) is 0 Å². The van der Waals surface area contributed by atoms with Crippen molar-refractivity contribution in [2.45, 2.75) is 6.92 Å². The summed E-state index contributed by atoms with van der Waals surface area (Å²) in [7, 11) is 0. The van der Waals surface area contributed by atoms with E-state index in [4.69, 9.17) is 5.11 Å². The van der Waals surface area contributed by atoms with Gasteiger partial charge in [0, 0.05) is 5.57 Å². The summed E-state index contributed by atoms with van der Waals surface area (Å²) in [6, 6.07) is 0. The van der Waals surface area contributed by atoms with E-state index in [1.807, 2.05) is 0 Å². The predicted molar refractivity (Wildman–Crippen MR) is 29.0 cm³/mol. The topological polar surface area (TPSA) is 37.3 Å². The second kappa shape index (κ2) is 6.12. The average Bonchev–Trinajstić information content (AvgIpc) is 1.63. The number of rotatable bonds is 1. The lowest BCUT2D eigenvalue weighted by atomic mass is 10.4. The molecule has 0 atom stereocenters. The Kier molecular flexibility index (Phi) is 7.20. The summed E-state index contributed by atoms with van der Waals surface area (Å²) < 4.78 is 28.8. The van der Waals surface area contributed by atoms with E-state index < -0.39 is 12.6 Å². The van der Waals surface area contributed by atoms with Gasteiger partial charge in [0.1, 0.15) is 0 Å². The standard InChI is InChI=1S/C4H6O2.CF3/c1-3(2)4(5)6;2-1(3)4/h1H2,2H3,(H,5,6);. The first kappa shape index (κ1) is 11.8. The smallest absolute Gasteiger partial charge is 0.478 e. The molecule has 0 unspecified atom stereocenters. The number of carbonyl (C=O) groups is 1. The molecule has 0 aromatic heterocycles. The minimum Gasteiger partial charge on any atom is -0.478 e. The minimum atomic E-state index is -3.08. The van der Waals surface area contributed by atoms with Crippen LogP contribution >= 0.6 is 0 Å². The molecule has 0 spiro atoms. The summed E-state index contributed by atoms with van der Waals surface area (Å²) in [4.78, 5) is 9.60. The zero-order valence-electron chi connectivity index (χ0n) is 5.20. The predicted octanol–water partition coefficient (Wildman–Crippen LogP) is 1.99. The maximum atomic E-state index is 9.60. The second-order valence-electron chi connectivity index (χ2n) is 1.30. The monoisotopic (exact) mass is 155 g/mol. The van der Waals surface area contributed by atoms with Gasteiger partial charge in [0.25, 0.3) is 0 Å². The number of carboxylic acids is 1. The molecule has 0 fully saturated rings. The second-order valence-corrected chi connectivity index (χ2v) is 1.30. The molecule has 0 heterocycles. The molecule has 0 aromatic carbocycles. The van der Waals surface area contributed by atoms with Crippen molar-refractivity contribution in [1.29, 1.82) is 0 Å². The van der Waals surface area contributed by atoms with Crippen molar-refractivity contribution < 1.29 is 23.1 Å². The fourth-order valence-corrected chi connectivity index (χ4v) is 0. The zero-order chi connectivity index (χ0) is 8.73. The van der Waals surface area contributed by atoms with Gasteiger partial charge in [0.15, 0.2) is 0 Å². The van der Waals surface area contributed by atoms with Crippen LogP contribution in [0, 0.1) is 6.68 Å². The summed E-state index contributed by atoms with van der Waals surface area (Å²) >= 11 is 0. The Bertz CT molecular complexity index is 107. The van der Waals surface area contributed by atoms with E-state index in [1.165, 1.54) is 6.92 Å². The van der Waals surface area contributed by atoms with Crippen LogP contribution in [0.4, 0.5) is 13.2 Å². The van der Waals surface area contributed by atoms with Gasteiger partial charge in [0.05, 0.1) is 0 Å². The molecular weight excluding hydrogens is 149 g/mol. The lowest BCUT2D eigenvalue weighted by Crippen LogP contribution is -1.92. The molecule has 5 heteroatoms. The van der Waals surface area contributed by atoms with Crippen molar-refractivity contribution in [3.8, 4) is 0 Å². The lowest BCUT2D eigenvalue weighted by Gasteiger charge is -1.79. The molecule has 0 aliphatic heterocycles. The van der Waals surface area contributed by atoms with Crippen molar-refractivity contribution in [3.63, 3.8) is 0 Å². The van der Waals surface area contributed by atoms with Crippen LogP contribution in [-0.4, -0.2) is 11.1 Å². The number of aliphatic carboxylic acids is 1. The zero-order valence-corrected chi connectivity index (χ0v) is 5.20. The van der Waals surface area contributed by atoms with Gasteiger partial charge in [-0.3, -0.25) is 0 Å². The van der Waals surface area contributed by atoms with E-state index in [1.54, 1.807) is 0 Å². The molecule has 10 heavy (non-hydrogen) atoms. The molecule has 0 saturated carbocycles. The van der Waals surface area contributed by atoms with Crippen molar-refractivity contribution >= 4 is 5.97 Å². The molecule has 0 aliphatic rings. The van der Waals surface area contributed by atoms with Crippen LogP contribution in [0.25, 0.3) is 0 Å². The van der Waals surface area contributed by atoms with E-state index in [0.29, 0.717) is 0 Å². The largest absolute Gasteiger partial charge is 0.487 e. The average molecular weight is 155 g/mol. The van der Waals surface area contributed by atoms with E-state index in [9.17, 15) is 18.0 Å². The summed E-state index contributed by atoms with van der Waals surface area (Å²) in [5, 5.41) is 7.89. The first-order chi connectivity index (χ1) is 4.37. The van der Waals surface area contributed by atoms with Gasteiger partial charge in [-0.15, -0.1) is 0 Å². The Hall–Kier alpha value is -1.00. The van der Waals surface area contributed by atoms with Crippen LogP contribution < -0.4 is 0 Å². The number of hydrogen-bond acceptors (Lipinski definition) is 1. The first-order valence-electron chi connectivity index (χ1n) is 2.10. The Labute approximate surface area is 56.0 Å². The number of halogens is 3.